The van der Waals surface area contributed by atoms with Crippen LogP contribution in [0.4, 0.5) is 0 Å². The Morgan fingerprint density at radius 3 is 2.64 bits per heavy atom. The number of furan rings is 1. The van der Waals surface area contributed by atoms with Gasteiger partial charge in [0.15, 0.2) is 5.76 Å². The smallest absolute Gasteiger partial charge is 0.290 e. The van der Waals surface area contributed by atoms with Crippen molar-refractivity contribution < 1.29 is 13.6 Å². The third-order valence-electron chi connectivity index (χ3n) is 4.17. The van der Waals surface area contributed by atoms with Gasteiger partial charge in [-0.1, -0.05) is 11.6 Å². The fourth-order valence-electron chi connectivity index (χ4n) is 2.65. The maximum absolute atomic E-state index is 12.8. The molecule has 6 nitrogen and oxygen atoms in total. The highest BCUT2D eigenvalue weighted by Gasteiger charge is 2.35. The van der Waals surface area contributed by atoms with Gasteiger partial charge in [0, 0.05) is 22.2 Å². The van der Waals surface area contributed by atoms with Crippen LogP contribution in [0.3, 0.4) is 0 Å². The molecule has 0 N–H and O–H groups in total. The number of nitrogens with zero attached hydrogens (tertiary/aromatic N) is 3. The zero-order valence-electron chi connectivity index (χ0n) is 13.6. The van der Waals surface area contributed by atoms with Crippen molar-refractivity contribution in [2.75, 3.05) is 0 Å². The van der Waals surface area contributed by atoms with Crippen LogP contribution in [0.15, 0.2) is 45.4 Å². The van der Waals surface area contributed by atoms with Crippen molar-refractivity contribution in [1.29, 1.82) is 0 Å². The topological polar surface area (TPSA) is 72.4 Å². The molecule has 1 aliphatic rings. The van der Waals surface area contributed by atoms with Crippen LogP contribution < -0.4 is 0 Å². The number of hydrogen-bond acceptors (Lipinski definition) is 5. The Labute approximate surface area is 149 Å². The Hall–Kier alpha value is -2.60. The molecule has 25 heavy (non-hydrogen) atoms. The van der Waals surface area contributed by atoms with E-state index in [1.54, 1.807) is 23.1 Å². The number of hydrogen-bond donors (Lipinski definition) is 0. The van der Waals surface area contributed by atoms with Crippen LogP contribution >= 0.6 is 11.6 Å². The summed E-state index contributed by atoms with van der Waals surface area (Å²) < 4.78 is 11.1. The Kier molecular flexibility index (Phi) is 4.05. The summed E-state index contributed by atoms with van der Waals surface area (Å²) in [7, 11) is 0. The minimum Gasteiger partial charge on any atom is -0.459 e. The molecule has 0 unspecified atom stereocenters. The van der Waals surface area contributed by atoms with E-state index in [-0.39, 0.29) is 18.5 Å². The van der Waals surface area contributed by atoms with Crippen molar-refractivity contribution in [3.05, 3.63) is 58.8 Å². The van der Waals surface area contributed by atoms with E-state index in [1.165, 1.54) is 6.26 Å². The van der Waals surface area contributed by atoms with Gasteiger partial charge in [0.05, 0.1) is 12.8 Å². The van der Waals surface area contributed by atoms with Gasteiger partial charge in [-0.15, -0.1) is 10.2 Å². The number of benzene rings is 1. The molecule has 1 amide bonds. The van der Waals surface area contributed by atoms with E-state index >= 15 is 0 Å². The highest BCUT2D eigenvalue weighted by molar-refractivity contribution is 6.30. The summed E-state index contributed by atoms with van der Waals surface area (Å²) in [6, 6.07) is 9.14. The van der Waals surface area contributed by atoms with Gasteiger partial charge in [0.25, 0.3) is 5.91 Å². The van der Waals surface area contributed by atoms with E-state index in [4.69, 9.17) is 20.4 Å². The first-order valence-corrected chi connectivity index (χ1v) is 8.43. The molecule has 7 heteroatoms. The molecule has 1 aliphatic carbocycles. The van der Waals surface area contributed by atoms with Crippen molar-refractivity contribution >= 4 is 17.5 Å². The highest BCUT2D eigenvalue weighted by atomic mass is 35.5. The number of halogens is 1. The van der Waals surface area contributed by atoms with Crippen molar-refractivity contribution in [3.8, 4) is 11.5 Å². The first kappa shape index (κ1) is 15.9. The predicted molar refractivity (Wildman–Crippen MR) is 91.1 cm³/mol. The number of aryl methyl sites for hydroxylation is 1. The zero-order chi connectivity index (χ0) is 17.4. The molecule has 128 valence electrons. The fourth-order valence-corrected chi connectivity index (χ4v) is 2.77. The van der Waals surface area contributed by atoms with E-state index in [9.17, 15) is 4.79 Å². The van der Waals surface area contributed by atoms with Crippen LogP contribution in [0.1, 0.15) is 34.9 Å². The molecular weight excluding hydrogens is 342 g/mol. The second-order valence-corrected chi connectivity index (χ2v) is 6.54. The summed E-state index contributed by atoms with van der Waals surface area (Å²) in [5, 5.41) is 8.79. The van der Waals surface area contributed by atoms with Crippen molar-refractivity contribution in [1.82, 2.24) is 15.1 Å². The molecular formula is C18H16ClN3O3. The molecule has 0 saturated heterocycles. The van der Waals surface area contributed by atoms with Gasteiger partial charge < -0.3 is 13.7 Å². The van der Waals surface area contributed by atoms with Crippen LogP contribution in [0.25, 0.3) is 11.5 Å². The number of aromatic nitrogens is 2. The van der Waals surface area contributed by atoms with Crippen molar-refractivity contribution in [2.45, 2.75) is 32.4 Å². The van der Waals surface area contributed by atoms with Crippen LogP contribution in [-0.4, -0.2) is 27.0 Å². The van der Waals surface area contributed by atoms with E-state index in [2.05, 4.69) is 10.2 Å². The van der Waals surface area contributed by atoms with E-state index in [0.29, 0.717) is 22.6 Å². The molecule has 2 aromatic heterocycles. The first-order chi connectivity index (χ1) is 12.1. The lowest BCUT2D eigenvalue weighted by Gasteiger charge is -2.19. The number of carbonyl (C=O) groups excluding carboxylic acids is 1. The quantitative estimate of drug-likeness (QED) is 0.687. The summed E-state index contributed by atoms with van der Waals surface area (Å²) in [5.74, 6) is 1.03. The van der Waals surface area contributed by atoms with E-state index in [1.807, 2.05) is 19.1 Å². The van der Waals surface area contributed by atoms with Crippen LogP contribution in [0, 0.1) is 6.92 Å². The van der Waals surface area contributed by atoms with Gasteiger partial charge in [-0.25, -0.2) is 0 Å². The van der Waals surface area contributed by atoms with Crippen molar-refractivity contribution in [2.24, 2.45) is 0 Å². The molecule has 1 saturated carbocycles. The molecule has 4 rings (SSSR count). The molecule has 0 bridgehead atoms. The number of amides is 1. The lowest BCUT2D eigenvalue weighted by molar-refractivity contribution is 0.0681. The van der Waals surface area contributed by atoms with Gasteiger partial charge in [-0.05, 0) is 50.1 Å². The Morgan fingerprint density at radius 2 is 2.00 bits per heavy atom. The third-order valence-corrected chi connectivity index (χ3v) is 4.42. The van der Waals surface area contributed by atoms with E-state index < -0.39 is 0 Å². The average Bonchev–Trinajstić information content (AvgIpc) is 3.18. The Bertz CT molecular complexity index is 896. The first-order valence-electron chi connectivity index (χ1n) is 8.05. The molecule has 0 atom stereocenters. The summed E-state index contributed by atoms with van der Waals surface area (Å²) in [4.78, 5) is 14.5. The SMILES string of the molecule is Cc1ccoc1C(=O)N(Cc1nnc(-c2ccc(Cl)cc2)o1)C1CC1. The largest absolute Gasteiger partial charge is 0.459 e. The average molecular weight is 358 g/mol. The second-order valence-electron chi connectivity index (χ2n) is 6.10. The van der Waals surface area contributed by atoms with Gasteiger partial charge in [0.2, 0.25) is 11.8 Å². The standard InChI is InChI=1S/C18H16ClN3O3/c1-11-8-9-24-16(11)18(23)22(14-6-7-14)10-15-20-21-17(25-15)12-2-4-13(19)5-3-12/h2-5,8-9,14H,6-7,10H2,1H3. The lowest BCUT2D eigenvalue weighted by atomic mass is 10.2. The Morgan fingerprint density at radius 1 is 1.24 bits per heavy atom. The minimum atomic E-state index is -0.142. The van der Waals surface area contributed by atoms with Gasteiger partial charge in [-0.3, -0.25) is 4.79 Å². The molecule has 0 spiro atoms. The normalized spacial score (nSPS) is 13.8. The highest BCUT2D eigenvalue weighted by Crippen LogP contribution is 2.31. The summed E-state index contributed by atoms with van der Waals surface area (Å²) in [6.07, 6.45) is 3.48. The summed E-state index contributed by atoms with van der Waals surface area (Å²) in [5.41, 5.74) is 1.61. The molecule has 3 aromatic rings. The molecule has 0 radical (unpaired) electrons. The Balaban J connectivity index is 1.54. The number of rotatable bonds is 5. The summed E-state index contributed by atoms with van der Waals surface area (Å²) in [6.45, 7) is 2.12. The molecule has 2 heterocycles. The van der Waals surface area contributed by atoms with Crippen LogP contribution in [0.2, 0.25) is 5.02 Å². The van der Waals surface area contributed by atoms with E-state index in [0.717, 1.165) is 24.0 Å². The fraction of sp³-hybridized carbons (Fsp3) is 0.278. The summed E-state index contributed by atoms with van der Waals surface area (Å²) >= 11 is 5.89. The predicted octanol–water partition coefficient (Wildman–Crippen LogP) is 4.10. The minimum absolute atomic E-state index is 0.142. The van der Waals surface area contributed by atoms with Gasteiger partial charge >= 0.3 is 0 Å². The van der Waals surface area contributed by atoms with Crippen molar-refractivity contribution in [3.63, 3.8) is 0 Å². The number of carbonyl (C=O) groups is 1. The monoisotopic (exact) mass is 357 g/mol. The zero-order valence-corrected chi connectivity index (χ0v) is 14.4. The lowest BCUT2D eigenvalue weighted by Crippen LogP contribution is -2.32. The maximum Gasteiger partial charge on any atom is 0.290 e. The van der Waals surface area contributed by atoms with Crippen LogP contribution in [-0.2, 0) is 6.54 Å². The van der Waals surface area contributed by atoms with Crippen LogP contribution in [0.5, 0.6) is 0 Å². The molecule has 0 aliphatic heterocycles. The van der Waals surface area contributed by atoms with Gasteiger partial charge in [-0.2, -0.15) is 0 Å². The molecule has 1 aromatic carbocycles. The van der Waals surface area contributed by atoms with Gasteiger partial charge in [0.1, 0.15) is 0 Å². The third kappa shape index (κ3) is 3.30. The second kappa shape index (κ2) is 6.37. The molecule has 1 fully saturated rings. The maximum atomic E-state index is 12.8.